The SMILES string of the molecule is CC(Cc1ccccc1)NCCC(=O)c1ccc(F)cc1. The second-order valence-corrected chi connectivity index (χ2v) is 5.22. The molecule has 2 rings (SSSR count). The molecule has 2 aromatic carbocycles. The molecule has 0 aliphatic rings. The first-order valence-corrected chi connectivity index (χ1v) is 7.21. The van der Waals surface area contributed by atoms with Crippen LogP contribution in [0.5, 0.6) is 0 Å². The van der Waals surface area contributed by atoms with E-state index in [0.717, 1.165) is 6.42 Å². The number of carbonyl (C=O) groups is 1. The average molecular weight is 285 g/mol. The van der Waals surface area contributed by atoms with Crippen LogP contribution in [0, 0.1) is 5.82 Å². The summed E-state index contributed by atoms with van der Waals surface area (Å²) in [6.45, 7) is 2.74. The fourth-order valence-corrected chi connectivity index (χ4v) is 2.25. The van der Waals surface area contributed by atoms with Gasteiger partial charge in [0.2, 0.25) is 0 Å². The summed E-state index contributed by atoms with van der Waals surface area (Å²) in [4.78, 5) is 11.9. The summed E-state index contributed by atoms with van der Waals surface area (Å²) in [5.74, 6) is -0.282. The van der Waals surface area contributed by atoms with Gasteiger partial charge in [-0.25, -0.2) is 4.39 Å². The Morgan fingerprint density at radius 2 is 1.76 bits per heavy atom. The summed E-state index contributed by atoms with van der Waals surface area (Å²) in [7, 11) is 0. The third kappa shape index (κ3) is 5.12. The number of ketones is 1. The fraction of sp³-hybridized carbons (Fsp3) is 0.278. The molecule has 1 atom stereocenters. The van der Waals surface area contributed by atoms with E-state index < -0.39 is 0 Å². The molecule has 3 heteroatoms. The van der Waals surface area contributed by atoms with E-state index in [9.17, 15) is 9.18 Å². The summed E-state index contributed by atoms with van der Waals surface area (Å²) in [5.41, 5.74) is 1.84. The van der Waals surface area contributed by atoms with Crippen molar-refractivity contribution >= 4 is 5.78 Å². The second-order valence-electron chi connectivity index (χ2n) is 5.22. The van der Waals surface area contributed by atoms with Crippen LogP contribution in [0.15, 0.2) is 54.6 Å². The van der Waals surface area contributed by atoms with Gasteiger partial charge in [-0.3, -0.25) is 4.79 Å². The molecule has 0 saturated heterocycles. The maximum Gasteiger partial charge on any atom is 0.164 e. The zero-order valence-corrected chi connectivity index (χ0v) is 12.2. The average Bonchev–Trinajstić information content (AvgIpc) is 2.49. The van der Waals surface area contributed by atoms with E-state index in [-0.39, 0.29) is 11.6 Å². The van der Waals surface area contributed by atoms with Gasteiger partial charge in [0.15, 0.2) is 5.78 Å². The maximum absolute atomic E-state index is 12.8. The maximum atomic E-state index is 12.8. The van der Waals surface area contributed by atoms with Crippen LogP contribution in [0.1, 0.15) is 29.3 Å². The summed E-state index contributed by atoms with van der Waals surface area (Å²) in [5, 5.41) is 3.35. The molecule has 1 unspecified atom stereocenters. The number of halogens is 1. The quantitative estimate of drug-likeness (QED) is 0.787. The highest BCUT2D eigenvalue weighted by Crippen LogP contribution is 2.06. The highest BCUT2D eigenvalue weighted by atomic mass is 19.1. The Balaban J connectivity index is 1.73. The molecule has 21 heavy (non-hydrogen) atoms. The van der Waals surface area contributed by atoms with Gasteiger partial charge in [-0.1, -0.05) is 30.3 Å². The summed E-state index contributed by atoms with van der Waals surface area (Å²) in [6, 6.07) is 16.3. The number of hydrogen-bond acceptors (Lipinski definition) is 2. The molecule has 0 radical (unpaired) electrons. The Morgan fingerprint density at radius 3 is 2.43 bits per heavy atom. The van der Waals surface area contributed by atoms with E-state index in [0.29, 0.717) is 24.6 Å². The Kier molecular flexibility index (Phi) is 5.64. The van der Waals surface area contributed by atoms with Crippen LogP contribution in [-0.4, -0.2) is 18.4 Å². The van der Waals surface area contributed by atoms with Crippen LogP contribution in [0.2, 0.25) is 0 Å². The predicted octanol–water partition coefficient (Wildman–Crippen LogP) is 3.62. The smallest absolute Gasteiger partial charge is 0.164 e. The normalized spacial score (nSPS) is 12.1. The van der Waals surface area contributed by atoms with Crippen LogP contribution in [0.3, 0.4) is 0 Å². The standard InChI is InChI=1S/C18H20FNO/c1-14(13-15-5-3-2-4-6-15)20-12-11-18(21)16-7-9-17(19)10-8-16/h2-10,14,20H,11-13H2,1H3. The minimum absolute atomic E-state index is 0.0365. The molecule has 0 aliphatic heterocycles. The molecular formula is C18H20FNO. The van der Waals surface area contributed by atoms with Crippen molar-refractivity contribution in [2.24, 2.45) is 0 Å². The number of nitrogens with one attached hydrogen (secondary N) is 1. The van der Waals surface area contributed by atoms with Gasteiger partial charge in [-0.15, -0.1) is 0 Å². The van der Waals surface area contributed by atoms with Gasteiger partial charge < -0.3 is 5.32 Å². The monoisotopic (exact) mass is 285 g/mol. The van der Waals surface area contributed by atoms with E-state index in [2.05, 4.69) is 24.4 Å². The predicted molar refractivity (Wildman–Crippen MR) is 83.0 cm³/mol. The van der Waals surface area contributed by atoms with Gasteiger partial charge >= 0.3 is 0 Å². The topological polar surface area (TPSA) is 29.1 Å². The van der Waals surface area contributed by atoms with Gasteiger partial charge in [0.25, 0.3) is 0 Å². The molecule has 0 heterocycles. The molecule has 110 valence electrons. The van der Waals surface area contributed by atoms with E-state index in [1.54, 1.807) is 0 Å². The van der Waals surface area contributed by atoms with Gasteiger partial charge in [-0.05, 0) is 43.2 Å². The Hall–Kier alpha value is -2.00. The van der Waals surface area contributed by atoms with Crippen molar-refractivity contribution in [2.45, 2.75) is 25.8 Å². The number of Topliss-reactive ketones (excluding diaryl/α,β-unsaturated/α-hetero) is 1. The number of rotatable bonds is 7. The second kappa shape index (κ2) is 7.70. The van der Waals surface area contributed by atoms with E-state index in [1.165, 1.54) is 29.8 Å². The zero-order chi connectivity index (χ0) is 15.1. The first-order valence-electron chi connectivity index (χ1n) is 7.21. The van der Waals surface area contributed by atoms with E-state index >= 15 is 0 Å². The largest absolute Gasteiger partial charge is 0.313 e. The fourth-order valence-electron chi connectivity index (χ4n) is 2.25. The van der Waals surface area contributed by atoms with Gasteiger partial charge in [0.05, 0.1) is 0 Å². The van der Waals surface area contributed by atoms with Gasteiger partial charge in [0.1, 0.15) is 5.82 Å². The minimum Gasteiger partial charge on any atom is -0.313 e. The Morgan fingerprint density at radius 1 is 1.10 bits per heavy atom. The number of benzene rings is 2. The molecule has 0 bridgehead atoms. The molecule has 2 nitrogen and oxygen atoms in total. The Bertz CT molecular complexity index is 566. The molecule has 0 fully saturated rings. The lowest BCUT2D eigenvalue weighted by Gasteiger charge is -2.13. The zero-order valence-electron chi connectivity index (χ0n) is 12.2. The first-order chi connectivity index (χ1) is 10.1. The third-order valence-corrected chi connectivity index (χ3v) is 3.40. The van der Waals surface area contributed by atoms with Crippen molar-refractivity contribution in [2.75, 3.05) is 6.54 Å². The summed E-state index contributed by atoms with van der Waals surface area (Å²) in [6.07, 6.45) is 1.36. The van der Waals surface area contributed by atoms with Crippen molar-refractivity contribution in [1.82, 2.24) is 5.32 Å². The minimum atomic E-state index is -0.318. The highest BCUT2D eigenvalue weighted by molar-refractivity contribution is 5.96. The molecular weight excluding hydrogens is 265 g/mol. The van der Waals surface area contributed by atoms with Gasteiger partial charge in [-0.2, -0.15) is 0 Å². The van der Waals surface area contributed by atoms with Crippen LogP contribution in [-0.2, 0) is 6.42 Å². The molecule has 0 aromatic heterocycles. The Labute approximate surface area is 125 Å². The lowest BCUT2D eigenvalue weighted by Crippen LogP contribution is -2.30. The van der Waals surface area contributed by atoms with Crippen LogP contribution < -0.4 is 5.32 Å². The third-order valence-electron chi connectivity index (χ3n) is 3.40. The van der Waals surface area contributed by atoms with Crippen LogP contribution in [0.25, 0.3) is 0 Å². The highest BCUT2D eigenvalue weighted by Gasteiger charge is 2.07. The van der Waals surface area contributed by atoms with E-state index in [4.69, 9.17) is 0 Å². The molecule has 0 spiro atoms. The molecule has 0 amide bonds. The van der Waals surface area contributed by atoms with Crippen molar-refractivity contribution in [1.29, 1.82) is 0 Å². The first kappa shape index (κ1) is 15.4. The number of hydrogen-bond donors (Lipinski definition) is 1. The van der Waals surface area contributed by atoms with E-state index in [1.807, 2.05) is 18.2 Å². The molecule has 0 aliphatic carbocycles. The van der Waals surface area contributed by atoms with Crippen molar-refractivity contribution in [3.8, 4) is 0 Å². The van der Waals surface area contributed by atoms with Crippen LogP contribution >= 0.6 is 0 Å². The van der Waals surface area contributed by atoms with Crippen molar-refractivity contribution < 1.29 is 9.18 Å². The number of carbonyl (C=O) groups excluding carboxylic acids is 1. The molecule has 1 N–H and O–H groups in total. The van der Waals surface area contributed by atoms with Crippen molar-refractivity contribution in [3.05, 3.63) is 71.5 Å². The lowest BCUT2D eigenvalue weighted by molar-refractivity contribution is 0.0982. The lowest BCUT2D eigenvalue weighted by atomic mass is 10.1. The summed E-state index contributed by atoms with van der Waals surface area (Å²) >= 11 is 0. The molecule has 2 aromatic rings. The van der Waals surface area contributed by atoms with Crippen LogP contribution in [0.4, 0.5) is 4.39 Å². The van der Waals surface area contributed by atoms with Gasteiger partial charge in [0, 0.05) is 24.6 Å². The van der Waals surface area contributed by atoms with Crippen molar-refractivity contribution in [3.63, 3.8) is 0 Å². The summed E-state index contributed by atoms with van der Waals surface area (Å²) < 4.78 is 12.8. The molecule has 0 saturated carbocycles.